The van der Waals surface area contributed by atoms with E-state index in [1.165, 1.54) is 5.56 Å². The maximum atomic E-state index is 10.9. The van der Waals surface area contributed by atoms with E-state index < -0.39 is 5.60 Å². The van der Waals surface area contributed by atoms with E-state index in [1.807, 2.05) is 36.4 Å². The van der Waals surface area contributed by atoms with Crippen LogP contribution in [0.2, 0.25) is 0 Å². The molecule has 3 rings (SSSR count). The summed E-state index contributed by atoms with van der Waals surface area (Å²) in [6.45, 7) is 0.269. The highest BCUT2D eigenvalue weighted by molar-refractivity contribution is 5.33. The Morgan fingerprint density at radius 1 is 1.00 bits per heavy atom. The molecule has 1 saturated carbocycles. The van der Waals surface area contributed by atoms with Gasteiger partial charge in [-0.3, -0.25) is 0 Å². The summed E-state index contributed by atoms with van der Waals surface area (Å²) in [5, 5.41) is 10.9. The first-order valence-electron chi connectivity index (χ1n) is 6.78. The maximum absolute atomic E-state index is 10.9. The summed E-state index contributed by atoms with van der Waals surface area (Å²) in [7, 11) is 0. The van der Waals surface area contributed by atoms with E-state index in [0.29, 0.717) is 5.92 Å². The molecule has 2 aromatic rings. The van der Waals surface area contributed by atoms with Gasteiger partial charge in [0, 0.05) is 12.5 Å². The monoisotopic (exact) mass is 253 g/mol. The van der Waals surface area contributed by atoms with Gasteiger partial charge in [-0.1, -0.05) is 60.7 Å². The molecule has 19 heavy (non-hydrogen) atoms. The molecule has 0 bridgehead atoms. The lowest BCUT2D eigenvalue weighted by atomic mass is 9.87. The Morgan fingerprint density at radius 2 is 1.58 bits per heavy atom. The van der Waals surface area contributed by atoms with Crippen molar-refractivity contribution in [3.63, 3.8) is 0 Å². The summed E-state index contributed by atoms with van der Waals surface area (Å²) in [6.07, 6.45) is 1.01. The minimum Gasteiger partial charge on any atom is -0.384 e. The van der Waals surface area contributed by atoms with Crippen molar-refractivity contribution < 1.29 is 5.11 Å². The van der Waals surface area contributed by atoms with E-state index in [4.69, 9.17) is 5.73 Å². The minimum absolute atomic E-state index is 0.224. The Bertz CT molecular complexity index is 540. The summed E-state index contributed by atoms with van der Waals surface area (Å²) in [5.74, 6) is 0.650. The number of hydrogen-bond acceptors (Lipinski definition) is 2. The van der Waals surface area contributed by atoms with Crippen LogP contribution in [0, 0.1) is 5.92 Å². The standard InChI is InChI=1S/C17H19NO/c18-12-17(19,14-9-5-2-6-10-14)16-11-15(16)13-7-3-1-4-8-13/h1-10,15-16,19H,11-12,18H2. The van der Waals surface area contributed by atoms with Crippen molar-refractivity contribution in [3.8, 4) is 0 Å². The van der Waals surface area contributed by atoms with E-state index >= 15 is 0 Å². The van der Waals surface area contributed by atoms with E-state index in [2.05, 4.69) is 24.3 Å². The molecule has 0 saturated heterocycles. The van der Waals surface area contributed by atoms with E-state index in [-0.39, 0.29) is 12.5 Å². The average molecular weight is 253 g/mol. The van der Waals surface area contributed by atoms with Crippen LogP contribution in [0.15, 0.2) is 60.7 Å². The largest absolute Gasteiger partial charge is 0.384 e. The van der Waals surface area contributed by atoms with E-state index in [0.717, 1.165) is 12.0 Å². The fourth-order valence-corrected chi connectivity index (χ4v) is 3.00. The third-order valence-electron chi connectivity index (χ3n) is 4.22. The van der Waals surface area contributed by atoms with Crippen molar-refractivity contribution in [2.24, 2.45) is 11.7 Å². The summed E-state index contributed by atoms with van der Waals surface area (Å²) in [6, 6.07) is 20.2. The molecule has 3 N–H and O–H groups in total. The van der Waals surface area contributed by atoms with E-state index in [9.17, 15) is 5.11 Å². The first-order chi connectivity index (χ1) is 9.25. The van der Waals surface area contributed by atoms with Crippen molar-refractivity contribution in [1.29, 1.82) is 0 Å². The molecule has 2 aromatic carbocycles. The topological polar surface area (TPSA) is 46.2 Å². The maximum Gasteiger partial charge on any atom is 0.105 e. The van der Waals surface area contributed by atoms with Gasteiger partial charge in [-0.05, 0) is 23.5 Å². The molecule has 0 heterocycles. The predicted molar refractivity (Wildman–Crippen MR) is 76.7 cm³/mol. The van der Waals surface area contributed by atoms with Gasteiger partial charge in [-0.15, -0.1) is 0 Å². The molecule has 0 amide bonds. The zero-order valence-corrected chi connectivity index (χ0v) is 10.9. The Labute approximate surface area is 113 Å². The van der Waals surface area contributed by atoms with Crippen LogP contribution >= 0.6 is 0 Å². The number of hydrogen-bond donors (Lipinski definition) is 2. The lowest BCUT2D eigenvalue weighted by molar-refractivity contribution is 0.0201. The fraction of sp³-hybridized carbons (Fsp3) is 0.294. The van der Waals surface area contributed by atoms with Crippen LogP contribution in [0.25, 0.3) is 0 Å². The third-order valence-corrected chi connectivity index (χ3v) is 4.22. The van der Waals surface area contributed by atoms with Gasteiger partial charge in [-0.2, -0.15) is 0 Å². The van der Waals surface area contributed by atoms with Crippen LogP contribution in [0.5, 0.6) is 0 Å². The SMILES string of the molecule is NCC(O)(c1ccccc1)C1CC1c1ccccc1. The van der Waals surface area contributed by atoms with Crippen LogP contribution in [-0.2, 0) is 5.60 Å². The molecular formula is C17H19NO. The Hall–Kier alpha value is -1.64. The van der Waals surface area contributed by atoms with Crippen molar-refractivity contribution in [3.05, 3.63) is 71.8 Å². The summed E-state index contributed by atoms with van der Waals surface area (Å²) in [5.41, 5.74) is 7.20. The summed E-state index contributed by atoms with van der Waals surface area (Å²) in [4.78, 5) is 0. The lowest BCUT2D eigenvalue weighted by Gasteiger charge is -2.28. The predicted octanol–water partition coefficient (Wildman–Crippen LogP) is 2.64. The Morgan fingerprint density at radius 3 is 2.16 bits per heavy atom. The first kappa shape index (κ1) is 12.4. The van der Waals surface area contributed by atoms with Crippen molar-refractivity contribution in [2.75, 3.05) is 6.54 Å². The van der Waals surface area contributed by atoms with Gasteiger partial charge in [0.1, 0.15) is 5.60 Å². The van der Waals surface area contributed by atoms with Crippen molar-refractivity contribution in [2.45, 2.75) is 17.9 Å². The molecule has 0 spiro atoms. The van der Waals surface area contributed by atoms with E-state index in [1.54, 1.807) is 0 Å². The number of benzene rings is 2. The Kier molecular flexibility index (Phi) is 3.13. The highest BCUT2D eigenvalue weighted by Crippen LogP contribution is 2.56. The molecule has 98 valence electrons. The second kappa shape index (κ2) is 4.80. The fourth-order valence-electron chi connectivity index (χ4n) is 3.00. The smallest absolute Gasteiger partial charge is 0.105 e. The van der Waals surface area contributed by atoms with Crippen LogP contribution in [0.3, 0.4) is 0 Å². The van der Waals surface area contributed by atoms with Gasteiger partial charge >= 0.3 is 0 Å². The molecule has 0 aliphatic heterocycles. The quantitative estimate of drug-likeness (QED) is 0.880. The number of aliphatic hydroxyl groups is 1. The molecule has 2 nitrogen and oxygen atoms in total. The highest BCUT2D eigenvalue weighted by Gasteiger charge is 2.52. The van der Waals surface area contributed by atoms with Gasteiger partial charge in [0.15, 0.2) is 0 Å². The molecule has 2 heteroatoms. The average Bonchev–Trinajstić information content (AvgIpc) is 3.29. The first-order valence-corrected chi connectivity index (χ1v) is 6.78. The molecular weight excluding hydrogens is 234 g/mol. The van der Waals surface area contributed by atoms with Crippen molar-refractivity contribution >= 4 is 0 Å². The third kappa shape index (κ3) is 2.18. The van der Waals surface area contributed by atoms with Crippen LogP contribution in [-0.4, -0.2) is 11.7 Å². The van der Waals surface area contributed by atoms with Gasteiger partial charge in [0.25, 0.3) is 0 Å². The van der Waals surface area contributed by atoms with Gasteiger partial charge in [0.2, 0.25) is 0 Å². The number of rotatable bonds is 4. The molecule has 0 radical (unpaired) electrons. The van der Waals surface area contributed by atoms with Crippen LogP contribution < -0.4 is 5.73 Å². The number of nitrogens with two attached hydrogens (primary N) is 1. The molecule has 3 unspecified atom stereocenters. The molecule has 0 aromatic heterocycles. The lowest BCUT2D eigenvalue weighted by Crippen LogP contribution is -2.37. The minimum atomic E-state index is -0.901. The molecule has 1 aliphatic carbocycles. The molecule has 1 aliphatic rings. The summed E-state index contributed by atoms with van der Waals surface area (Å²) < 4.78 is 0. The molecule has 3 atom stereocenters. The zero-order chi connectivity index (χ0) is 13.3. The van der Waals surface area contributed by atoms with Crippen molar-refractivity contribution in [1.82, 2.24) is 0 Å². The Balaban J connectivity index is 1.86. The second-order valence-electron chi connectivity index (χ2n) is 5.35. The second-order valence-corrected chi connectivity index (χ2v) is 5.35. The normalized spacial score (nSPS) is 24.7. The highest BCUT2D eigenvalue weighted by atomic mass is 16.3. The van der Waals surface area contributed by atoms with Gasteiger partial charge in [0.05, 0.1) is 0 Å². The zero-order valence-electron chi connectivity index (χ0n) is 10.9. The van der Waals surface area contributed by atoms with Gasteiger partial charge in [-0.25, -0.2) is 0 Å². The van der Waals surface area contributed by atoms with Crippen LogP contribution in [0.1, 0.15) is 23.5 Å². The summed E-state index contributed by atoms with van der Waals surface area (Å²) >= 11 is 0. The molecule has 1 fully saturated rings. The van der Waals surface area contributed by atoms with Gasteiger partial charge < -0.3 is 10.8 Å². The van der Waals surface area contributed by atoms with Crippen LogP contribution in [0.4, 0.5) is 0 Å².